The van der Waals surface area contributed by atoms with Gasteiger partial charge in [0.15, 0.2) is 0 Å². The molecule has 0 radical (unpaired) electrons. The van der Waals surface area contributed by atoms with Gasteiger partial charge in [-0.05, 0) is 55.7 Å². The van der Waals surface area contributed by atoms with Gasteiger partial charge in [-0.25, -0.2) is 4.68 Å². The van der Waals surface area contributed by atoms with Gasteiger partial charge in [-0.2, -0.15) is 5.10 Å². The predicted octanol–water partition coefficient (Wildman–Crippen LogP) is 4.80. The molecule has 0 saturated heterocycles. The third-order valence-electron chi connectivity index (χ3n) is 5.00. The monoisotopic (exact) mass is 396 g/mol. The zero-order valence-electron chi connectivity index (χ0n) is 16.3. The van der Waals surface area contributed by atoms with Crippen LogP contribution in [-0.4, -0.2) is 34.5 Å². The van der Waals surface area contributed by atoms with Gasteiger partial charge in [0.25, 0.3) is 0 Å². The minimum atomic E-state index is 0.696. The average Bonchev–Trinajstić information content (AvgIpc) is 3.02. The molecule has 0 saturated carbocycles. The molecule has 2 heterocycles. The summed E-state index contributed by atoms with van der Waals surface area (Å²) in [6, 6.07) is 16.3. The van der Waals surface area contributed by atoms with Gasteiger partial charge in [0.2, 0.25) is 0 Å². The maximum atomic E-state index is 6.18. The van der Waals surface area contributed by atoms with Crippen LogP contribution >= 0.6 is 11.6 Å². The number of nitrogens with one attached hydrogen (secondary N) is 1. The summed E-state index contributed by atoms with van der Waals surface area (Å²) in [6.07, 6.45) is 0.991. The second kappa shape index (κ2) is 8.25. The van der Waals surface area contributed by atoms with Gasteiger partial charge in [-0.15, -0.1) is 0 Å². The molecule has 5 nitrogen and oxygen atoms in total. The molecule has 0 fully saturated rings. The molecule has 1 aliphatic heterocycles. The minimum Gasteiger partial charge on any atom is -0.494 e. The summed E-state index contributed by atoms with van der Waals surface area (Å²) >= 11 is 6.18. The van der Waals surface area contributed by atoms with Gasteiger partial charge in [0.05, 0.1) is 25.6 Å². The third-order valence-corrected chi connectivity index (χ3v) is 5.23. The lowest BCUT2D eigenvalue weighted by Gasteiger charge is -2.29. The van der Waals surface area contributed by atoms with Crippen molar-refractivity contribution in [3.63, 3.8) is 0 Å². The molecule has 0 spiro atoms. The average molecular weight is 397 g/mol. The zero-order chi connectivity index (χ0) is 19.5. The molecule has 2 aromatic carbocycles. The lowest BCUT2D eigenvalue weighted by Crippen LogP contribution is -2.38. The molecule has 146 valence electrons. The molecular weight excluding hydrogens is 372 g/mol. The SMILES string of the molecule is CCOc1ccc(CCN2CNc3c(-c4cccc(Cl)c4)c(C)nn3C2)cc1. The Labute approximate surface area is 170 Å². The van der Waals surface area contributed by atoms with Crippen molar-refractivity contribution in [2.24, 2.45) is 0 Å². The van der Waals surface area contributed by atoms with E-state index in [1.54, 1.807) is 0 Å². The quantitative estimate of drug-likeness (QED) is 0.650. The van der Waals surface area contributed by atoms with Gasteiger partial charge in [-0.3, -0.25) is 4.90 Å². The van der Waals surface area contributed by atoms with E-state index in [4.69, 9.17) is 21.4 Å². The number of halogens is 1. The third kappa shape index (κ3) is 4.01. The predicted molar refractivity (Wildman–Crippen MR) is 114 cm³/mol. The van der Waals surface area contributed by atoms with Crippen LogP contribution in [0, 0.1) is 6.92 Å². The Morgan fingerprint density at radius 1 is 1.18 bits per heavy atom. The Kier molecular flexibility index (Phi) is 5.55. The number of aryl methyl sites for hydroxylation is 1. The molecule has 0 unspecified atom stereocenters. The fourth-order valence-electron chi connectivity index (χ4n) is 3.64. The molecule has 0 atom stereocenters. The lowest BCUT2D eigenvalue weighted by molar-refractivity contribution is 0.209. The van der Waals surface area contributed by atoms with Gasteiger partial charge < -0.3 is 10.1 Å². The van der Waals surface area contributed by atoms with E-state index in [2.05, 4.69) is 28.4 Å². The van der Waals surface area contributed by atoms with E-state index in [1.165, 1.54) is 5.56 Å². The van der Waals surface area contributed by atoms with Crippen LogP contribution in [0.3, 0.4) is 0 Å². The highest BCUT2D eigenvalue weighted by Gasteiger charge is 2.22. The van der Waals surface area contributed by atoms with Crippen LogP contribution in [-0.2, 0) is 13.1 Å². The molecule has 1 N–H and O–H groups in total. The summed E-state index contributed by atoms with van der Waals surface area (Å²) in [4.78, 5) is 2.36. The Balaban J connectivity index is 1.43. The summed E-state index contributed by atoms with van der Waals surface area (Å²) in [5.41, 5.74) is 4.55. The van der Waals surface area contributed by atoms with E-state index in [-0.39, 0.29) is 0 Å². The van der Waals surface area contributed by atoms with Crippen LogP contribution in [0.15, 0.2) is 48.5 Å². The van der Waals surface area contributed by atoms with E-state index >= 15 is 0 Å². The number of hydrogen-bond acceptors (Lipinski definition) is 4. The van der Waals surface area contributed by atoms with E-state index in [1.807, 2.05) is 48.9 Å². The second-order valence-corrected chi connectivity index (χ2v) is 7.45. The molecule has 4 rings (SSSR count). The van der Waals surface area contributed by atoms with Crippen molar-refractivity contribution in [2.45, 2.75) is 26.9 Å². The van der Waals surface area contributed by atoms with Gasteiger partial charge in [-0.1, -0.05) is 35.9 Å². The first-order valence-corrected chi connectivity index (χ1v) is 10.0. The van der Waals surface area contributed by atoms with Crippen molar-refractivity contribution in [3.05, 3.63) is 64.8 Å². The first-order valence-electron chi connectivity index (χ1n) is 9.65. The molecule has 28 heavy (non-hydrogen) atoms. The summed E-state index contributed by atoms with van der Waals surface area (Å²) in [5, 5.41) is 9.03. The highest BCUT2D eigenvalue weighted by Crippen LogP contribution is 2.34. The second-order valence-electron chi connectivity index (χ2n) is 7.02. The maximum Gasteiger partial charge on any atom is 0.135 e. The topological polar surface area (TPSA) is 42.3 Å². The Morgan fingerprint density at radius 3 is 2.75 bits per heavy atom. The largest absolute Gasteiger partial charge is 0.494 e. The number of nitrogens with zero attached hydrogens (tertiary/aromatic N) is 3. The molecule has 0 bridgehead atoms. The van der Waals surface area contributed by atoms with Crippen molar-refractivity contribution in [1.29, 1.82) is 0 Å². The Morgan fingerprint density at radius 2 is 2.00 bits per heavy atom. The van der Waals surface area contributed by atoms with Crippen LogP contribution in [0.5, 0.6) is 5.75 Å². The number of anilines is 1. The number of benzene rings is 2. The normalized spacial score (nSPS) is 13.8. The molecule has 0 aliphatic carbocycles. The molecular formula is C22H25ClN4O. The highest BCUT2D eigenvalue weighted by atomic mass is 35.5. The van der Waals surface area contributed by atoms with Crippen molar-refractivity contribution in [1.82, 2.24) is 14.7 Å². The van der Waals surface area contributed by atoms with Gasteiger partial charge >= 0.3 is 0 Å². The van der Waals surface area contributed by atoms with E-state index in [0.29, 0.717) is 6.61 Å². The Hall–Kier alpha value is -2.50. The van der Waals surface area contributed by atoms with Crippen molar-refractivity contribution >= 4 is 17.4 Å². The number of rotatable bonds is 6. The molecule has 6 heteroatoms. The van der Waals surface area contributed by atoms with Crippen LogP contribution in [0.4, 0.5) is 5.82 Å². The van der Waals surface area contributed by atoms with Crippen LogP contribution in [0.1, 0.15) is 18.2 Å². The van der Waals surface area contributed by atoms with E-state index < -0.39 is 0 Å². The Bertz CT molecular complexity index is 952. The molecule has 1 aliphatic rings. The first-order chi connectivity index (χ1) is 13.6. The summed E-state index contributed by atoms with van der Waals surface area (Å²) in [6.45, 7) is 7.29. The first kappa shape index (κ1) is 18.8. The van der Waals surface area contributed by atoms with Gasteiger partial charge in [0, 0.05) is 17.1 Å². The van der Waals surface area contributed by atoms with Crippen LogP contribution in [0.2, 0.25) is 5.02 Å². The smallest absolute Gasteiger partial charge is 0.135 e. The van der Waals surface area contributed by atoms with Crippen LogP contribution in [0.25, 0.3) is 11.1 Å². The standard InChI is InChI=1S/C22H25ClN4O/c1-3-28-20-9-7-17(8-10-20)11-12-26-14-24-22-21(16(2)25-27(22)15-26)18-5-4-6-19(23)13-18/h4-10,13,24H,3,11-12,14-15H2,1-2H3. The number of aromatic nitrogens is 2. The summed E-state index contributed by atoms with van der Waals surface area (Å²) < 4.78 is 7.56. The fraction of sp³-hybridized carbons (Fsp3) is 0.318. The molecule has 3 aromatic rings. The van der Waals surface area contributed by atoms with E-state index in [9.17, 15) is 0 Å². The minimum absolute atomic E-state index is 0.696. The maximum absolute atomic E-state index is 6.18. The summed E-state index contributed by atoms with van der Waals surface area (Å²) in [7, 11) is 0. The van der Waals surface area contributed by atoms with Crippen molar-refractivity contribution < 1.29 is 4.74 Å². The van der Waals surface area contributed by atoms with Crippen LogP contribution < -0.4 is 10.1 Å². The molecule has 0 amide bonds. The number of hydrogen-bond donors (Lipinski definition) is 1. The van der Waals surface area contributed by atoms with Crippen molar-refractivity contribution in [2.75, 3.05) is 25.1 Å². The highest BCUT2D eigenvalue weighted by molar-refractivity contribution is 6.30. The zero-order valence-corrected chi connectivity index (χ0v) is 17.0. The summed E-state index contributed by atoms with van der Waals surface area (Å²) in [5.74, 6) is 1.99. The van der Waals surface area contributed by atoms with Gasteiger partial charge in [0.1, 0.15) is 11.6 Å². The van der Waals surface area contributed by atoms with E-state index in [0.717, 1.165) is 59.7 Å². The lowest BCUT2D eigenvalue weighted by atomic mass is 10.1. The fourth-order valence-corrected chi connectivity index (χ4v) is 3.83. The number of fused-ring (bicyclic) bond motifs is 1. The number of ether oxygens (including phenoxy) is 1. The van der Waals surface area contributed by atoms with Crippen molar-refractivity contribution in [3.8, 4) is 16.9 Å². The molecule has 1 aromatic heterocycles.